The third-order valence-corrected chi connectivity index (χ3v) is 4.53. The van der Waals surface area contributed by atoms with Crippen molar-refractivity contribution in [1.29, 1.82) is 0 Å². The molecule has 0 bridgehead atoms. The lowest BCUT2D eigenvalue weighted by Gasteiger charge is -2.10. The summed E-state index contributed by atoms with van der Waals surface area (Å²) in [7, 11) is 1.31. The van der Waals surface area contributed by atoms with Gasteiger partial charge in [-0.05, 0) is 43.2 Å². The maximum atomic E-state index is 12.5. The number of halogens is 1. The molecule has 7 nitrogen and oxygen atoms in total. The van der Waals surface area contributed by atoms with Crippen molar-refractivity contribution in [1.82, 2.24) is 19.7 Å². The molecule has 1 heterocycles. The van der Waals surface area contributed by atoms with Crippen LogP contribution in [0.4, 0.5) is 0 Å². The van der Waals surface area contributed by atoms with Crippen LogP contribution < -0.4 is 16.6 Å². The summed E-state index contributed by atoms with van der Waals surface area (Å²) >= 11 is 5.87. The van der Waals surface area contributed by atoms with Gasteiger partial charge in [0.25, 0.3) is 11.5 Å². The van der Waals surface area contributed by atoms with E-state index in [2.05, 4.69) is 10.4 Å². The van der Waals surface area contributed by atoms with Gasteiger partial charge in [0.05, 0.1) is 5.69 Å². The molecule has 0 radical (unpaired) electrons. The number of nitrogens with zero attached hydrogens (tertiary/aromatic N) is 3. The molecule has 0 saturated carbocycles. The van der Waals surface area contributed by atoms with Crippen molar-refractivity contribution in [3.8, 4) is 5.69 Å². The molecule has 0 atom stereocenters. The molecule has 2 aromatic carbocycles. The van der Waals surface area contributed by atoms with Crippen LogP contribution in [0.1, 0.15) is 21.6 Å². The largest absolute Gasteiger partial charge is 0.351 e. The van der Waals surface area contributed by atoms with Gasteiger partial charge in [-0.1, -0.05) is 41.4 Å². The SMILES string of the molecule is Cc1ccc(CCNC(=O)c2nn(-c3ccc(Cl)cc3)c(=O)n(C)c2=O)cc1. The third kappa shape index (κ3) is 4.20. The number of aryl methyl sites for hydroxylation is 1. The fourth-order valence-corrected chi connectivity index (χ4v) is 2.75. The molecule has 0 spiro atoms. The Balaban J connectivity index is 1.83. The van der Waals surface area contributed by atoms with Crippen LogP contribution in [0.3, 0.4) is 0 Å². The third-order valence-electron chi connectivity index (χ3n) is 4.28. The average molecular weight is 399 g/mol. The zero-order valence-electron chi connectivity index (χ0n) is 15.5. The van der Waals surface area contributed by atoms with Crippen molar-refractivity contribution < 1.29 is 4.79 Å². The summed E-state index contributed by atoms with van der Waals surface area (Å²) < 4.78 is 1.86. The van der Waals surface area contributed by atoms with Crippen LogP contribution >= 0.6 is 11.6 Å². The molecule has 0 aliphatic heterocycles. The van der Waals surface area contributed by atoms with E-state index in [1.165, 1.54) is 7.05 Å². The lowest BCUT2D eigenvalue weighted by atomic mass is 10.1. The Morgan fingerprint density at radius 3 is 2.36 bits per heavy atom. The van der Waals surface area contributed by atoms with Crippen LogP contribution in [0.2, 0.25) is 5.02 Å². The second-order valence-electron chi connectivity index (χ2n) is 6.38. The summed E-state index contributed by atoms with van der Waals surface area (Å²) in [6, 6.07) is 14.3. The highest BCUT2D eigenvalue weighted by Gasteiger charge is 2.18. The average Bonchev–Trinajstić information content (AvgIpc) is 2.69. The van der Waals surface area contributed by atoms with Crippen LogP contribution in [0.15, 0.2) is 58.1 Å². The number of aromatic nitrogens is 3. The van der Waals surface area contributed by atoms with Gasteiger partial charge in [0.2, 0.25) is 5.69 Å². The molecule has 8 heteroatoms. The molecule has 3 rings (SSSR count). The Bertz CT molecular complexity index is 1120. The van der Waals surface area contributed by atoms with Gasteiger partial charge < -0.3 is 5.32 Å². The molecule has 0 aliphatic rings. The number of carbonyl (C=O) groups excluding carboxylic acids is 1. The molecule has 3 aromatic rings. The normalized spacial score (nSPS) is 10.7. The number of carbonyl (C=O) groups is 1. The van der Waals surface area contributed by atoms with Gasteiger partial charge in [0.1, 0.15) is 0 Å². The van der Waals surface area contributed by atoms with Gasteiger partial charge in [-0.3, -0.25) is 14.2 Å². The van der Waals surface area contributed by atoms with E-state index in [0.29, 0.717) is 23.7 Å². The van der Waals surface area contributed by atoms with Gasteiger partial charge >= 0.3 is 5.69 Å². The molecule has 1 amide bonds. The lowest BCUT2D eigenvalue weighted by molar-refractivity contribution is 0.0944. The van der Waals surface area contributed by atoms with Crippen molar-refractivity contribution in [2.75, 3.05) is 6.54 Å². The van der Waals surface area contributed by atoms with Crippen molar-refractivity contribution >= 4 is 17.5 Å². The molecule has 28 heavy (non-hydrogen) atoms. The molecular formula is C20H19ClN4O3. The summed E-state index contributed by atoms with van der Waals surface area (Å²) in [4.78, 5) is 37.2. The quantitative estimate of drug-likeness (QED) is 0.710. The molecule has 0 fully saturated rings. The van der Waals surface area contributed by atoms with Crippen molar-refractivity contribution in [3.05, 3.63) is 91.2 Å². The predicted octanol–water partition coefficient (Wildman–Crippen LogP) is 1.87. The standard InChI is InChI=1S/C20H19ClN4O3/c1-13-3-5-14(6-4-13)11-12-22-18(26)17-19(27)24(2)20(28)25(23-17)16-9-7-15(21)8-10-16/h3-10H,11-12H2,1-2H3,(H,22,26). The van der Waals surface area contributed by atoms with Crippen molar-refractivity contribution in [2.45, 2.75) is 13.3 Å². The topological polar surface area (TPSA) is 86.0 Å². The number of rotatable bonds is 5. The lowest BCUT2D eigenvalue weighted by Crippen LogP contribution is -2.44. The van der Waals surface area contributed by atoms with E-state index in [1.54, 1.807) is 24.3 Å². The zero-order valence-corrected chi connectivity index (χ0v) is 16.2. The predicted molar refractivity (Wildman–Crippen MR) is 107 cm³/mol. The molecule has 0 unspecified atom stereocenters. The Hall–Kier alpha value is -3.19. The minimum atomic E-state index is -0.747. The summed E-state index contributed by atoms with van der Waals surface area (Å²) in [5.41, 5.74) is 0.883. The number of benzene rings is 2. The second-order valence-corrected chi connectivity index (χ2v) is 6.81. The monoisotopic (exact) mass is 398 g/mol. The minimum absolute atomic E-state index is 0.340. The van der Waals surface area contributed by atoms with Gasteiger partial charge in [0, 0.05) is 18.6 Å². The highest BCUT2D eigenvalue weighted by Crippen LogP contribution is 2.11. The van der Waals surface area contributed by atoms with Gasteiger partial charge in [0.15, 0.2) is 0 Å². The van der Waals surface area contributed by atoms with E-state index in [-0.39, 0.29) is 5.69 Å². The number of amides is 1. The summed E-state index contributed by atoms with van der Waals surface area (Å²) in [5.74, 6) is -0.629. The first-order chi connectivity index (χ1) is 13.4. The van der Waals surface area contributed by atoms with Gasteiger partial charge in [-0.25, -0.2) is 4.79 Å². The molecule has 0 saturated heterocycles. The fraction of sp³-hybridized carbons (Fsp3) is 0.200. The molecule has 1 aromatic heterocycles. The maximum absolute atomic E-state index is 12.5. The fourth-order valence-electron chi connectivity index (χ4n) is 2.63. The Labute approximate surface area is 166 Å². The summed E-state index contributed by atoms with van der Waals surface area (Å²) in [6.45, 7) is 2.34. The van der Waals surface area contributed by atoms with E-state index < -0.39 is 17.2 Å². The molecule has 144 valence electrons. The Kier molecular flexibility index (Phi) is 5.75. The number of hydrogen-bond acceptors (Lipinski definition) is 4. The second kappa shape index (κ2) is 8.22. The van der Waals surface area contributed by atoms with Crippen molar-refractivity contribution in [2.24, 2.45) is 7.05 Å². The summed E-state index contributed by atoms with van der Waals surface area (Å²) in [6.07, 6.45) is 0.614. The van der Waals surface area contributed by atoms with E-state index in [9.17, 15) is 14.4 Å². The molecular weight excluding hydrogens is 380 g/mol. The van der Waals surface area contributed by atoms with Crippen LogP contribution in [0, 0.1) is 6.92 Å². The van der Waals surface area contributed by atoms with E-state index in [4.69, 9.17) is 11.6 Å². The van der Waals surface area contributed by atoms with Gasteiger partial charge in [-0.15, -0.1) is 0 Å². The van der Waals surface area contributed by atoms with Gasteiger partial charge in [-0.2, -0.15) is 9.78 Å². The van der Waals surface area contributed by atoms with E-state index in [0.717, 1.165) is 20.4 Å². The first-order valence-corrected chi connectivity index (χ1v) is 9.04. The van der Waals surface area contributed by atoms with Crippen LogP contribution in [-0.4, -0.2) is 26.8 Å². The van der Waals surface area contributed by atoms with Crippen LogP contribution in [-0.2, 0) is 13.5 Å². The zero-order chi connectivity index (χ0) is 20.3. The smallest absolute Gasteiger partial charge is 0.350 e. The van der Waals surface area contributed by atoms with Crippen molar-refractivity contribution in [3.63, 3.8) is 0 Å². The summed E-state index contributed by atoms with van der Waals surface area (Å²) in [5, 5.41) is 7.17. The maximum Gasteiger partial charge on any atom is 0.351 e. The number of hydrogen-bond donors (Lipinski definition) is 1. The Morgan fingerprint density at radius 2 is 1.71 bits per heavy atom. The first-order valence-electron chi connectivity index (χ1n) is 8.67. The van der Waals surface area contributed by atoms with Crippen LogP contribution in [0.25, 0.3) is 5.69 Å². The highest BCUT2D eigenvalue weighted by atomic mass is 35.5. The molecule has 0 aliphatic carbocycles. The van der Waals surface area contributed by atoms with Crippen LogP contribution in [0.5, 0.6) is 0 Å². The number of nitrogens with one attached hydrogen (secondary N) is 1. The highest BCUT2D eigenvalue weighted by molar-refractivity contribution is 6.30. The minimum Gasteiger partial charge on any atom is -0.350 e. The van der Waals surface area contributed by atoms with E-state index in [1.807, 2.05) is 31.2 Å². The molecule has 1 N–H and O–H groups in total. The van der Waals surface area contributed by atoms with E-state index >= 15 is 0 Å². The Morgan fingerprint density at radius 1 is 1.07 bits per heavy atom. The first kappa shape index (κ1) is 19.6.